The van der Waals surface area contributed by atoms with E-state index in [1.807, 2.05) is 7.05 Å². The van der Waals surface area contributed by atoms with Crippen LogP contribution in [0.1, 0.15) is 49.1 Å². The Morgan fingerprint density at radius 1 is 1.08 bits per heavy atom. The van der Waals surface area contributed by atoms with Gasteiger partial charge in [0.2, 0.25) is 5.88 Å². The number of hydrogen-bond acceptors (Lipinski definition) is 6. The van der Waals surface area contributed by atoms with Gasteiger partial charge in [0.1, 0.15) is 12.0 Å². The van der Waals surface area contributed by atoms with E-state index < -0.39 is 0 Å². The molecule has 2 aromatic rings. The highest BCUT2D eigenvalue weighted by Gasteiger charge is 2.27. The van der Waals surface area contributed by atoms with Gasteiger partial charge in [-0.2, -0.15) is 4.98 Å². The third-order valence-corrected chi connectivity index (χ3v) is 5.07. The number of nitrogens with zero attached hydrogens (tertiary/aromatic N) is 3. The third kappa shape index (κ3) is 3.09. The molecule has 6 nitrogen and oxygen atoms in total. The molecule has 0 saturated heterocycles. The Labute approximate surface area is 147 Å². The maximum absolute atomic E-state index is 5.93. The van der Waals surface area contributed by atoms with Crippen molar-refractivity contribution in [1.82, 2.24) is 15.3 Å². The van der Waals surface area contributed by atoms with Crippen molar-refractivity contribution >= 4 is 17.2 Å². The molecule has 4 rings (SSSR count). The number of rotatable bonds is 3. The summed E-state index contributed by atoms with van der Waals surface area (Å²) in [5.74, 6) is 1.43. The van der Waals surface area contributed by atoms with E-state index in [9.17, 15) is 0 Å². The highest BCUT2D eigenvalue weighted by Crippen LogP contribution is 2.36. The Balaban J connectivity index is 1.66. The number of likely N-dealkylation sites (N-methyl/N-ethyl adjacent to an activating group) is 1. The lowest BCUT2D eigenvalue weighted by Crippen LogP contribution is -2.41. The van der Waals surface area contributed by atoms with Crippen LogP contribution in [0.4, 0.5) is 11.5 Å². The van der Waals surface area contributed by atoms with Gasteiger partial charge in [0.25, 0.3) is 0 Å². The zero-order valence-corrected chi connectivity index (χ0v) is 14.4. The summed E-state index contributed by atoms with van der Waals surface area (Å²) < 4.78 is 5.90. The zero-order valence-electron chi connectivity index (χ0n) is 14.4. The third-order valence-electron chi connectivity index (χ3n) is 5.07. The Kier molecular flexibility index (Phi) is 4.36. The smallest absolute Gasteiger partial charge is 0.247 e. The number of aliphatic imine (C=N–C) groups is 1. The predicted octanol–water partition coefficient (Wildman–Crippen LogP) is 3.17. The second-order valence-corrected chi connectivity index (χ2v) is 6.65. The lowest BCUT2D eigenvalue weighted by molar-refractivity contribution is 0.227. The van der Waals surface area contributed by atoms with Gasteiger partial charge >= 0.3 is 0 Å². The molecular formula is C19H23N5O. The number of nitrogens with two attached hydrogens (primary N) is 1. The fourth-order valence-electron chi connectivity index (χ4n) is 3.69. The summed E-state index contributed by atoms with van der Waals surface area (Å²) in [6.45, 7) is 0. The van der Waals surface area contributed by atoms with Crippen LogP contribution in [0.15, 0.2) is 35.6 Å². The molecule has 1 aliphatic heterocycles. The Morgan fingerprint density at radius 2 is 1.84 bits per heavy atom. The van der Waals surface area contributed by atoms with Crippen LogP contribution < -0.4 is 15.8 Å². The molecule has 1 fully saturated rings. The average Bonchev–Trinajstić information content (AvgIpc) is 2.68. The van der Waals surface area contributed by atoms with E-state index in [0.717, 1.165) is 11.3 Å². The Morgan fingerprint density at radius 3 is 2.56 bits per heavy atom. The molecule has 0 amide bonds. The minimum absolute atomic E-state index is 0.330. The summed E-state index contributed by atoms with van der Waals surface area (Å²) in [6, 6.07) is 8.70. The Bertz CT molecular complexity index is 781. The summed E-state index contributed by atoms with van der Waals surface area (Å²) in [6.07, 6.45) is 7.67. The molecule has 3 N–H and O–H groups in total. The number of ether oxygens (including phenoxy) is 1. The molecule has 1 unspecified atom stereocenters. The molecule has 25 heavy (non-hydrogen) atoms. The van der Waals surface area contributed by atoms with Crippen molar-refractivity contribution < 1.29 is 4.74 Å². The Hall–Kier alpha value is -2.47. The zero-order chi connectivity index (χ0) is 17.2. The van der Waals surface area contributed by atoms with Crippen molar-refractivity contribution in [3.05, 3.63) is 41.7 Å². The summed E-state index contributed by atoms with van der Waals surface area (Å²) in [4.78, 5) is 12.8. The predicted molar refractivity (Wildman–Crippen MR) is 98.4 cm³/mol. The molecule has 2 heterocycles. The monoisotopic (exact) mass is 337 g/mol. The standard InChI is InChI=1S/C19H23N5O/c1-21-18-15(24-16-17(20)22-11-23-19(16)25-18)14-9-7-13(8-10-14)12-5-3-2-4-6-12/h7-12,18,21H,2-6H2,1H3,(H2,20,22,23). The van der Waals surface area contributed by atoms with Gasteiger partial charge < -0.3 is 10.5 Å². The second kappa shape index (κ2) is 6.80. The first-order valence-electron chi connectivity index (χ1n) is 8.89. The first kappa shape index (κ1) is 16.0. The number of aromatic nitrogens is 2. The number of anilines is 1. The van der Waals surface area contributed by atoms with Crippen LogP contribution in [-0.2, 0) is 0 Å². The maximum atomic E-state index is 5.93. The molecule has 1 aromatic carbocycles. The van der Waals surface area contributed by atoms with E-state index >= 15 is 0 Å². The largest absolute Gasteiger partial charge is 0.451 e. The summed E-state index contributed by atoms with van der Waals surface area (Å²) in [5, 5.41) is 3.14. The first-order chi connectivity index (χ1) is 12.3. The molecule has 2 aliphatic rings. The average molecular weight is 337 g/mol. The number of nitrogen functional groups attached to an aromatic ring is 1. The number of nitrogens with one attached hydrogen (secondary N) is 1. The molecule has 1 aromatic heterocycles. The van der Waals surface area contributed by atoms with Gasteiger partial charge in [-0.1, -0.05) is 43.5 Å². The topological polar surface area (TPSA) is 85.4 Å². The van der Waals surface area contributed by atoms with Gasteiger partial charge in [-0.05, 0) is 31.4 Å². The molecular weight excluding hydrogens is 314 g/mol. The molecule has 6 heteroatoms. The van der Waals surface area contributed by atoms with E-state index in [1.165, 1.54) is 44.0 Å². The summed E-state index contributed by atoms with van der Waals surface area (Å²) in [7, 11) is 1.84. The van der Waals surface area contributed by atoms with Gasteiger partial charge in [-0.3, -0.25) is 5.32 Å². The quantitative estimate of drug-likeness (QED) is 0.898. The molecule has 1 saturated carbocycles. The number of benzene rings is 1. The van der Waals surface area contributed by atoms with Crippen molar-refractivity contribution in [3.63, 3.8) is 0 Å². The van der Waals surface area contributed by atoms with Crippen LogP contribution in [0.5, 0.6) is 5.88 Å². The molecule has 0 bridgehead atoms. The normalized spacial score (nSPS) is 20.5. The van der Waals surface area contributed by atoms with Gasteiger partial charge in [0.05, 0.1) is 0 Å². The summed E-state index contributed by atoms with van der Waals surface area (Å²) >= 11 is 0. The first-order valence-corrected chi connectivity index (χ1v) is 8.89. The van der Waals surface area contributed by atoms with Crippen LogP contribution >= 0.6 is 0 Å². The minimum atomic E-state index is -0.359. The highest BCUT2D eigenvalue weighted by atomic mass is 16.5. The van der Waals surface area contributed by atoms with Gasteiger partial charge in [0.15, 0.2) is 17.7 Å². The lowest BCUT2D eigenvalue weighted by Gasteiger charge is -2.26. The van der Waals surface area contributed by atoms with Crippen molar-refractivity contribution in [2.24, 2.45) is 4.99 Å². The molecule has 130 valence electrons. The minimum Gasteiger partial charge on any atom is -0.451 e. The van der Waals surface area contributed by atoms with Gasteiger partial charge in [0, 0.05) is 5.56 Å². The SMILES string of the molecule is CNC1Oc2ncnc(N)c2N=C1c1ccc(C2CCCCC2)cc1. The fraction of sp³-hybridized carbons (Fsp3) is 0.421. The van der Waals surface area contributed by atoms with Crippen molar-refractivity contribution in [2.75, 3.05) is 12.8 Å². The van der Waals surface area contributed by atoms with Crippen LogP contribution in [-0.4, -0.2) is 29.0 Å². The van der Waals surface area contributed by atoms with E-state index in [4.69, 9.17) is 10.5 Å². The van der Waals surface area contributed by atoms with E-state index in [1.54, 1.807) is 0 Å². The molecule has 1 atom stereocenters. The van der Waals surface area contributed by atoms with Crippen LogP contribution in [0.3, 0.4) is 0 Å². The second-order valence-electron chi connectivity index (χ2n) is 6.65. The van der Waals surface area contributed by atoms with Gasteiger partial charge in [-0.15, -0.1) is 0 Å². The van der Waals surface area contributed by atoms with Crippen LogP contribution in [0, 0.1) is 0 Å². The van der Waals surface area contributed by atoms with E-state index in [-0.39, 0.29) is 6.23 Å². The van der Waals surface area contributed by atoms with Crippen LogP contribution in [0.25, 0.3) is 0 Å². The molecule has 0 spiro atoms. The van der Waals surface area contributed by atoms with Crippen molar-refractivity contribution in [1.29, 1.82) is 0 Å². The number of fused-ring (bicyclic) bond motifs is 1. The van der Waals surface area contributed by atoms with E-state index in [0.29, 0.717) is 23.3 Å². The lowest BCUT2D eigenvalue weighted by atomic mass is 9.84. The number of hydrogen-bond donors (Lipinski definition) is 2. The molecule has 0 radical (unpaired) electrons. The van der Waals surface area contributed by atoms with Crippen molar-refractivity contribution in [3.8, 4) is 5.88 Å². The van der Waals surface area contributed by atoms with E-state index in [2.05, 4.69) is 44.5 Å². The fourth-order valence-corrected chi connectivity index (χ4v) is 3.69. The maximum Gasteiger partial charge on any atom is 0.247 e. The molecule has 1 aliphatic carbocycles. The van der Waals surface area contributed by atoms with Crippen LogP contribution in [0.2, 0.25) is 0 Å². The highest BCUT2D eigenvalue weighted by molar-refractivity contribution is 6.06. The van der Waals surface area contributed by atoms with Crippen molar-refractivity contribution in [2.45, 2.75) is 44.2 Å². The summed E-state index contributed by atoms with van der Waals surface area (Å²) in [5.41, 5.74) is 9.67. The van der Waals surface area contributed by atoms with Gasteiger partial charge in [-0.25, -0.2) is 9.98 Å².